The van der Waals surface area contributed by atoms with Gasteiger partial charge in [0.25, 0.3) is 0 Å². The smallest absolute Gasteiger partial charge is 0.243 e. The van der Waals surface area contributed by atoms with Crippen LogP contribution in [0, 0.1) is 0 Å². The third-order valence-electron chi connectivity index (χ3n) is 3.53. The van der Waals surface area contributed by atoms with Crippen molar-refractivity contribution in [1.82, 2.24) is 4.31 Å². The van der Waals surface area contributed by atoms with Crippen molar-refractivity contribution >= 4 is 27.5 Å². The van der Waals surface area contributed by atoms with E-state index in [1.54, 1.807) is 16.4 Å². The number of hydrogen-bond acceptors (Lipinski definition) is 4. The Morgan fingerprint density at radius 1 is 1.40 bits per heavy atom. The van der Waals surface area contributed by atoms with Crippen molar-refractivity contribution in [1.29, 1.82) is 0 Å². The first-order valence-electron chi connectivity index (χ1n) is 6.79. The second-order valence-corrected chi connectivity index (χ2v) is 9.40. The van der Waals surface area contributed by atoms with Crippen LogP contribution in [0.3, 0.4) is 0 Å². The van der Waals surface area contributed by atoms with Crippen LogP contribution in [-0.2, 0) is 16.4 Å². The van der Waals surface area contributed by atoms with Gasteiger partial charge in [0.05, 0.1) is 4.90 Å². The lowest BCUT2D eigenvalue weighted by atomic mass is 10.1. The summed E-state index contributed by atoms with van der Waals surface area (Å²) < 4.78 is 26.9. The molecule has 0 saturated carbocycles. The number of nitrogens with two attached hydrogens (primary N) is 1. The lowest BCUT2D eigenvalue weighted by molar-refractivity contribution is 0.387. The first-order chi connectivity index (χ1) is 9.26. The van der Waals surface area contributed by atoms with Crippen LogP contribution in [0.5, 0.6) is 0 Å². The van der Waals surface area contributed by atoms with E-state index in [4.69, 9.17) is 5.73 Å². The molecule has 0 unspecified atom stereocenters. The van der Waals surface area contributed by atoms with E-state index in [0.717, 1.165) is 17.7 Å². The fraction of sp³-hybridized carbons (Fsp3) is 0.571. The van der Waals surface area contributed by atoms with Gasteiger partial charge in [0.2, 0.25) is 10.0 Å². The SMILES string of the molecule is CCc1ccc(S(=O)(=O)N2CCSC(C)(C)C2)cc1N. The van der Waals surface area contributed by atoms with E-state index in [0.29, 0.717) is 23.7 Å². The quantitative estimate of drug-likeness (QED) is 0.870. The van der Waals surface area contributed by atoms with Gasteiger partial charge in [0.15, 0.2) is 0 Å². The average Bonchev–Trinajstić information content (AvgIpc) is 2.37. The number of nitrogen functional groups attached to an aromatic ring is 1. The molecular weight excluding hydrogens is 292 g/mol. The van der Waals surface area contributed by atoms with Crippen molar-refractivity contribution < 1.29 is 8.42 Å². The Morgan fingerprint density at radius 3 is 2.65 bits per heavy atom. The van der Waals surface area contributed by atoms with Gasteiger partial charge < -0.3 is 5.73 Å². The Bertz CT molecular complexity index is 597. The molecule has 1 aliphatic rings. The highest BCUT2D eigenvalue weighted by Gasteiger charge is 2.34. The summed E-state index contributed by atoms with van der Waals surface area (Å²) in [6.07, 6.45) is 0.805. The summed E-state index contributed by atoms with van der Waals surface area (Å²) in [6, 6.07) is 5.06. The number of anilines is 1. The van der Waals surface area contributed by atoms with Crippen LogP contribution >= 0.6 is 11.8 Å². The largest absolute Gasteiger partial charge is 0.398 e. The van der Waals surface area contributed by atoms with E-state index in [1.165, 1.54) is 0 Å². The molecule has 1 aliphatic heterocycles. The molecule has 0 aromatic heterocycles. The number of benzene rings is 1. The molecule has 0 radical (unpaired) electrons. The molecule has 20 heavy (non-hydrogen) atoms. The number of rotatable bonds is 3. The van der Waals surface area contributed by atoms with E-state index in [9.17, 15) is 8.42 Å². The molecule has 0 amide bonds. The molecule has 0 aliphatic carbocycles. The molecule has 0 bridgehead atoms. The average molecular weight is 314 g/mol. The van der Waals surface area contributed by atoms with E-state index in [-0.39, 0.29) is 4.75 Å². The molecule has 112 valence electrons. The van der Waals surface area contributed by atoms with Crippen LogP contribution in [0.1, 0.15) is 26.3 Å². The van der Waals surface area contributed by atoms with Gasteiger partial charge in [-0.2, -0.15) is 16.1 Å². The van der Waals surface area contributed by atoms with Crippen molar-refractivity contribution in [2.45, 2.75) is 36.8 Å². The molecule has 1 heterocycles. The Labute approximate surface area is 125 Å². The van der Waals surface area contributed by atoms with Crippen molar-refractivity contribution in [3.63, 3.8) is 0 Å². The molecule has 2 N–H and O–H groups in total. The molecule has 1 aromatic carbocycles. The van der Waals surface area contributed by atoms with Gasteiger partial charge in [-0.25, -0.2) is 8.42 Å². The van der Waals surface area contributed by atoms with Crippen molar-refractivity contribution in [2.75, 3.05) is 24.6 Å². The lowest BCUT2D eigenvalue weighted by Crippen LogP contribution is -2.46. The maximum Gasteiger partial charge on any atom is 0.243 e. The minimum absolute atomic E-state index is 0.0414. The van der Waals surface area contributed by atoms with Crippen LogP contribution in [-0.4, -0.2) is 36.3 Å². The highest BCUT2D eigenvalue weighted by Crippen LogP contribution is 2.33. The highest BCUT2D eigenvalue weighted by atomic mass is 32.2. The number of hydrogen-bond donors (Lipinski definition) is 1. The van der Waals surface area contributed by atoms with E-state index < -0.39 is 10.0 Å². The fourth-order valence-corrected chi connectivity index (χ4v) is 5.33. The maximum absolute atomic E-state index is 12.7. The van der Waals surface area contributed by atoms with Gasteiger partial charge in [-0.1, -0.05) is 13.0 Å². The molecule has 1 aromatic rings. The minimum Gasteiger partial charge on any atom is -0.398 e. The van der Waals surface area contributed by atoms with Crippen molar-refractivity contribution in [2.24, 2.45) is 0 Å². The van der Waals surface area contributed by atoms with Gasteiger partial charge in [0.1, 0.15) is 0 Å². The Morgan fingerprint density at radius 2 is 2.10 bits per heavy atom. The predicted octanol–water partition coefficient (Wildman–Crippen LogP) is 2.35. The molecule has 0 spiro atoms. The number of aryl methyl sites for hydroxylation is 1. The summed E-state index contributed by atoms with van der Waals surface area (Å²) in [7, 11) is -3.44. The molecule has 6 heteroatoms. The summed E-state index contributed by atoms with van der Waals surface area (Å²) >= 11 is 1.81. The van der Waals surface area contributed by atoms with Gasteiger partial charge in [-0.05, 0) is 38.0 Å². The first kappa shape index (κ1) is 15.7. The van der Waals surface area contributed by atoms with Crippen LogP contribution in [0.25, 0.3) is 0 Å². The molecule has 1 saturated heterocycles. The first-order valence-corrected chi connectivity index (χ1v) is 9.21. The van der Waals surface area contributed by atoms with Crippen molar-refractivity contribution in [3.05, 3.63) is 23.8 Å². The van der Waals surface area contributed by atoms with Gasteiger partial charge in [0, 0.05) is 29.3 Å². The summed E-state index contributed by atoms with van der Waals surface area (Å²) in [4.78, 5) is 0.301. The van der Waals surface area contributed by atoms with Crippen LogP contribution in [0.15, 0.2) is 23.1 Å². The van der Waals surface area contributed by atoms with Crippen molar-refractivity contribution in [3.8, 4) is 0 Å². The van der Waals surface area contributed by atoms with Gasteiger partial charge in [-0.3, -0.25) is 0 Å². The fourth-order valence-electron chi connectivity index (χ4n) is 2.38. The predicted molar refractivity (Wildman–Crippen MR) is 85.5 cm³/mol. The molecule has 2 rings (SSSR count). The standard InChI is InChI=1S/C14H22N2O2S2/c1-4-11-5-6-12(9-13(11)15)20(17,18)16-7-8-19-14(2,3)10-16/h5-6,9H,4,7-8,10,15H2,1-3H3. The molecule has 1 fully saturated rings. The highest BCUT2D eigenvalue weighted by molar-refractivity contribution is 8.00. The Balaban J connectivity index is 2.33. The summed E-state index contributed by atoms with van der Waals surface area (Å²) in [5, 5.41) is 0. The number of nitrogens with zero attached hydrogens (tertiary/aromatic N) is 1. The zero-order valence-electron chi connectivity index (χ0n) is 12.2. The van der Waals surface area contributed by atoms with Gasteiger partial charge in [-0.15, -0.1) is 0 Å². The Hall–Kier alpha value is -0.720. The van der Waals surface area contributed by atoms with E-state index in [2.05, 4.69) is 13.8 Å². The lowest BCUT2D eigenvalue weighted by Gasteiger charge is -2.36. The summed E-state index contributed by atoms with van der Waals surface area (Å²) in [5.41, 5.74) is 7.46. The Kier molecular flexibility index (Phi) is 4.37. The maximum atomic E-state index is 12.7. The number of thioether (sulfide) groups is 1. The molecule has 0 atom stereocenters. The summed E-state index contributed by atoms with van der Waals surface area (Å²) in [5.74, 6) is 0.828. The second kappa shape index (κ2) is 5.58. The minimum atomic E-state index is -3.44. The number of sulfonamides is 1. The normalized spacial score (nSPS) is 19.9. The third kappa shape index (κ3) is 3.13. The van der Waals surface area contributed by atoms with Crippen LogP contribution in [0.4, 0.5) is 5.69 Å². The van der Waals surface area contributed by atoms with E-state index >= 15 is 0 Å². The zero-order chi connectivity index (χ0) is 15.0. The zero-order valence-corrected chi connectivity index (χ0v) is 13.9. The van der Waals surface area contributed by atoms with Crippen LogP contribution < -0.4 is 5.73 Å². The van der Waals surface area contributed by atoms with Crippen LogP contribution in [0.2, 0.25) is 0 Å². The topological polar surface area (TPSA) is 63.4 Å². The molecular formula is C14H22N2O2S2. The van der Waals surface area contributed by atoms with Gasteiger partial charge >= 0.3 is 0 Å². The second-order valence-electron chi connectivity index (χ2n) is 5.66. The summed E-state index contributed by atoms with van der Waals surface area (Å²) in [6.45, 7) is 7.26. The third-order valence-corrected chi connectivity index (χ3v) is 6.67. The van der Waals surface area contributed by atoms with E-state index in [1.807, 2.05) is 24.8 Å². The monoisotopic (exact) mass is 314 g/mol. The molecule has 4 nitrogen and oxygen atoms in total.